The second kappa shape index (κ2) is 6.14. The van der Waals surface area contributed by atoms with E-state index in [0.717, 1.165) is 18.7 Å². The first-order chi connectivity index (χ1) is 9.17. The van der Waals surface area contributed by atoms with E-state index >= 15 is 0 Å². The Hall–Kier alpha value is -2.15. The van der Waals surface area contributed by atoms with Gasteiger partial charge in [-0.25, -0.2) is 4.79 Å². The average molecular weight is 279 g/mol. The van der Waals surface area contributed by atoms with Crippen molar-refractivity contribution in [3.63, 3.8) is 0 Å². The van der Waals surface area contributed by atoms with Crippen LogP contribution in [0.25, 0.3) is 0 Å². The summed E-state index contributed by atoms with van der Waals surface area (Å²) in [5.74, 6) is 1.28. The molecular weight excluding hydrogens is 266 g/mol. The first-order valence-corrected chi connectivity index (χ1v) is 6.55. The Balaban J connectivity index is 2.07. The Morgan fingerprint density at radius 1 is 1.53 bits per heavy atom. The Bertz CT molecular complexity index is 571. The summed E-state index contributed by atoms with van der Waals surface area (Å²) in [6, 6.07) is 6.67. The van der Waals surface area contributed by atoms with E-state index in [1.807, 2.05) is 0 Å². The highest BCUT2D eigenvalue weighted by atomic mass is 32.1. The minimum atomic E-state index is -1.11. The van der Waals surface area contributed by atoms with Crippen LogP contribution in [-0.2, 0) is 6.42 Å². The van der Waals surface area contributed by atoms with Crippen LogP contribution in [0, 0.1) is 0 Å². The van der Waals surface area contributed by atoms with Crippen molar-refractivity contribution in [1.29, 1.82) is 0 Å². The number of anilines is 1. The predicted molar refractivity (Wildman–Crippen MR) is 72.1 cm³/mol. The minimum Gasteiger partial charge on any atom is -0.465 e. The van der Waals surface area contributed by atoms with Crippen LogP contribution in [0.5, 0.6) is 10.9 Å². The van der Waals surface area contributed by atoms with Crippen LogP contribution in [0.3, 0.4) is 0 Å². The molecule has 0 fully saturated rings. The summed E-state index contributed by atoms with van der Waals surface area (Å²) in [7, 11) is 0. The summed E-state index contributed by atoms with van der Waals surface area (Å²) in [6.07, 6.45) is 0.688. The molecule has 2 rings (SSSR count). The first kappa shape index (κ1) is 13.3. The molecule has 0 aliphatic rings. The Labute approximate surface area is 114 Å². The Kier molecular flexibility index (Phi) is 4.30. The molecule has 0 saturated carbocycles. The number of nitrogens with zero attached hydrogens (tertiary/aromatic N) is 2. The predicted octanol–water partition coefficient (Wildman–Crippen LogP) is 3.37. The van der Waals surface area contributed by atoms with Crippen molar-refractivity contribution >= 4 is 23.3 Å². The number of carboxylic acid groups (broad SMARTS) is 1. The molecule has 1 aromatic heterocycles. The fraction of sp³-hybridized carbons (Fsp3) is 0.250. The van der Waals surface area contributed by atoms with Crippen LogP contribution in [0.1, 0.15) is 19.2 Å². The topological polar surface area (TPSA) is 84.3 Å². The van der Waals surface area contributed by atoms with Gasteiger partial charge in [0.1, 0.15) is 11.6 Å². The van der Waals surface area contributed by atoms with Crippen molar-refractivity contribution in [3.8, 4) is 10.9 Å². The third-order valence-electron chi connectivity index (χ3n) is 2.21. The van der Waals surface area contributed by atoms with E-state index in [9.17, 15) is 4.79 Å². The van der Waals surface area contributed by atoms with Gasteiger partial charge in [-0.05, 0) is 18.6 Å². The lowest BCUT2D eigenvalue weighted by molar-refractivity contribution is 0.210. The number of aromatic nitrogens is 2. The summed E-state index contributed by atoms with van der Waals surface area (Å²) >= 11 is 1.18. The van der Waals surface area contributed by atoms with Crippen LogP contribution in [0.2, 0.25) is 0 Å². The van der Waals surface area contributed by atoms with Crippen molar-refractivity contribution in [1.82, 2.24) is 9.36 Å². The zero-order valence-electron chi connectivity index (χ0n) is 10.3. The van der Waals surface area contributed by atoms with E-state index in [1.54, 1.807) is 24.3 Å². The van der Waals surface area contributed by atoms with Gasteiger partial charge in [0.2, 0.25) is 0 Å². The first-order valence-electron chi connectivity index (χ1n) is 5.78. The zero-order chi connectivity index (χ0) is 13.7. The van der Waals surface area contributed by atoms with Crippen molar-refractivity contribution < 1.29 is 14.6 Å². The molecule has 0 aliphatic carbocycles. The average Bonchev–Trinajstić information content (AvgIpc) is 2.76. The molecule has 1 heterocycles. The number of ether oxygens (including phenoxy) is 1. The van der Waals surface area contributed by atoms with Gasteiger partial charge >= 0.3 is 6.09 Å². The molecule has 1 aromatic carbocycles. The van der Waals surface area contributed by atoms with Gasteiger partial charge in [0.25, 0.3) is 5.19 Å². The molecule has 0 saturated heterocycles. The molecule has 1 amide bonds. The lowest BCUT2D eigenvalue weighted by Gasteiger charge is -2.04. The standard InChI is InChI=1S/C12H13N3O3S/c1-2-4-10-14-12(19-15-10)18-9-6-3-5-8(7-9)13-11(16)17/h3,5-7,13H,2,4H2,1H3,(H,16,17). The Morgan fingerprint density at radius 3 is 3.11 bits per heavy atom. The van der Waals surface area contributed by atoms with Gasteiger partial charge in [-0.1, -0.05) is 13.0 Å². The molecule has 6 nitrogen and oxygen atoms in total. The van der Waals surface area contributed by atoms with E-state index in [2.05, 4.69) is 21.6 Å². The van der Waals surface area contributed by atoms with Crippen molar-refractivity contribution in [2.45, 2.75) is 19.8 Å². The number of carbonyl (C=O) groups is 1. The van der Waals surface area contributed by atoms with Crippen LogP contribution in [0.4, 0.5) is 10.5 Å². The lowest BCUT2D eigenvalue weighted by atomic mass is 10.3. The molecule has 0 aliphatic heterocycles. The summed E-state index contributed by atoms with van der Waals surface area (Å²) in [4.78, 5) is 14.8. The van der Waals surface area contributed by atoms with Gasteiger partial charge < -0.3 is 9.84 Å². The molecular formula is C12H13N3O3S. The summed E-state index contributed by atoms with van der Waals surface area (Å²) in [6.45, 7) is 2.06. The van der Waals surface area contributed by atoms with Crippen LogP contribution in [-0.4, -0.2) is 20.6 Å². The highest BCUT2D eigenvalue weighted by Gasteiger charge is 2.06. The van der Waals surface area contributed by atoms with E-state index < -0.39 is 6.09 Å². The number of hydrogen-bond donors (Lipinski definition) is 2. The lowest BCUT2D eigenvalue weighted by Crippen LogP contribution is -2.06. The zero-order valence-corrected chi connectivity index (χ0v) is 11.1. The van der Waals surface area contributed by atoms with E-state index in [4.69, 9.17) is 9.84 Å². The number of amides is 1. The van der Waals surface area contributed by atoms with E-state index in [0.29, 0.717) is 16.6 Å². The number of rotatable bonds is 5. The highest BCUT2D eigenvalue weighted by Crippen LogP contribution is 2.25. The molecule has 19 heavy (non-hydrogen) atoms. The second-order valence-electron chi connectivity index (χ2n) is 3.79. The van der Waals surface area contributed by atoms with Gasteiger partial charge in [0.15, 0.2) is 0 Å². The summed E-state index contributed by atoms with van der Waals surface area (Å²) in [5.41, 5.74) is 0.447. The molecule has 2 N–H and O–H groups in total. The SMILES string of the molecule is CCCc1nsc(Oc2cccc(NC(=O)O)c2)n1. The van der Waals surface area contributed by atoms with Crippen molar-refractivity contribution in [2.24, 2.45) is 0 Å². The number of aryl methyl sites for hydroxylation is 1. The maximum atomic E-state index is 10.5. The van der Waals surface area contributed by atoms with Gasteiger partial charge in [-0.2, -0.15) is 9.36 Å². The Morgan fingerprint density at radius 2 is 2.37 bits per heavy atom. The number of hydrogen-bond acceptors (Lipinski definition) is 5. The third kappa shape index (κ3) is 3.92. The summed E-state index contributed by atoms with van der Waals surface area (Å²) in [5, 5.41) is 11.4. The van der Waals surface area contributed by atoms with Gasteiger partial charge in [0.05, 0.1) is 0 Å². The van der Waals surface area contributed by atoms with Gasteiger partial charge in [0, 0.05) is 29.7 Å². The number of nitrogens with one attached hydrogen (secondary N) is 1. The smallest absolute Gasteiger partial charge is 0.409 e. The molecule has 7 heteroatoms. The largest absolute Gasteiger partial charge is 0.465 e. The molecule has 2 aromatic rings. The third-order valence-corrected chi connectivity index (χ3v) is 2.85. The fourth-order valence-electron chi connectivity index (χ4n) is 1.47. The minimum absolute atomic E-state index is 0.447. The molecule has 0 atom stereocenters. The highest BCUT2D eigenvalue weighted by molar-refractivity contribution is 7.07. The fourth-order valence-corrected chi connectivity index (χ4v) is 2.06. The molecule has 100 valence electrons. The maximum absolute atomic E-state index is 10.5. The van der Waals surface area contributed by atoms with E-state index in [1.165, 1.54) is 11.5 Å². The monoisotopic (exact) mass is 279 g/mol. The van der Waals surface area contributed by atoms with Crippen LogP contribution >= 0.6 is 11.5 Å². The maximum Gasteiger partial charge on any atom is 0.409 e. The van der Waals surface area contributed by atoms with Crippen molar-refractivity contribution in [3.05, 3.63) is 30.1 Å². The number of benzene rings is 1. The quantitative estimate of drug-likeness (QED) is 0.876. The van der Waals surface area contributed by atoms with Gasteiger partial charge in [-0.15, -0.1) is 0 Å². The summed E-state index contributed by atoms with van der Waals surface area (Å²) < 4.78 is 9.71. The molecule has 0 spiro atoms. The normalized spacial score (nSPS) is 10.2. The second-order valence-corrected chi connectivity index (χ2v) is 4.50. The van der Waals surface area contributed by atoms with Crippen molar-refractivity contribution in [2.75, 3.05) is 5.32 Å². The van der Waals surface area contributed by atoms with E-state index in [-0.39, 0.29) is 0 Å². The molecule has 0 bridgehead atoms. The molecule has 0 radical (unpaired) electrons. The molecule has 0 unspecified atom stereocenters. The van der Waals surface area contributed by atoms with Crippen LogP contribution in [0.15, 0.2) is 24.3 Å². The van der Waals surface area contributed by atoms with Gasteiger partial charge in [-0.3, -0.25) is 5.32 Å². The van der Waals surface area contributed by atoms with Crippen LogP contribution < -0.4 is 10.1 Å².